The van der Waals surface area contributed by atoms with Gasteiger partial charge in [0.1, 0.15) is 11.4 Å². The van der Waals surface area contributed by atoms with Gasteiger partial charge in [-0.3, -0.25) is 14.9 Å². The number of rotatable bonds is 4. The Morgan fingerprint density at radius 2 is 1.69 bits per heavy atom. The number of hydrogen-bond donors (Lipinski definition) is 1. The van der Waals surface area contributed by atoms with Crippen LogP contribution in [0.15, 0.2) is 72.3 Å². The molecule has 180 valence electrons. The Balaban J connectivity index is 1.61. The van der Waals surface area contributed by atoms with Gasteiger partial charge in [0.05, 0.1) is 5.69 Å². The van der Waals surface area contributed by atoms with Crippen molar-refractivity contribution in [2.45, 2.75) is 13.5 Å². The SMILES string of the molecule is Cc1c(C=C2C(=O)NC(=O)N(c3ccc(F)cc3)C2=O)c2ccccc2n1Cc1ccc(Cl)cc1Cl. The number of barbiturate groups is 1. The maximum Gasteiger partial charge on any atom is 0.335 e. The molecule has 1 saturated heterocycles. The first kappa shape index (κ1) is 23.8. The van der Waals surface area contributed by atoms with Gasteiger partial charge in [0.25, 0.3) is 11.8 Å². The third-order valence-corrected chi connectivity index (χ3v) is 6.69. The molecule has 3 aromatic carbocycles. The summed E-state index contributed by atoms with van der Waals surface area (Å²) in [4.78, 5) is 39.3. The van der Waals surface area contributed by atoms with Crippen LogP contribution in [0.3, 0.4) is 0 Å². The van der Waals surface area contributed by atoms with Gasteiger partial charge in [-0.15, -0.1) is 0 Å². The first-order valence-electron chi connectivity index (χ1n) is 10.9. The van der Waals surface area contributed by atoms with E-state index < -0.39 is 23.7 Å². The second kappa shape index (κ2) is 9.26. The molecule has 0 unspecified atom stereocenters. The van der Waals surface area contributed by atoms with E-state index in [0.29, 0.717) is 22.2 Å². The van der Waals surface area contributed by atoms with Crippen molar-refractivity contribution in [2.24, 2.45) is 0 Å². The molecule has 1 N–H and O–H groups in total. The molecule has 4 amide bonds. The molecular formula is C27H18Cl2FN3O3. The molecule has 0 atom stereocenters. The number of benzene rings is 3. The van der Waals surface area contributed by atoms with Gasteiger partial charge in [0.15, 0.2) is 0 Å². The van der Waals surface area contributed by atoms with E-state index in [1.807, 2.05) is 41.8 Å². The third kappa shape index (κ3) is 4.17. The van der Waals surface area contributed by atoms with Crippen LogP contribution in [0, 0.1) is 12.7 Å². The quantitative estimate of drug-likeness (QED) is 0.260. The lowest BCUT2D eigenvalue weighted by Gasteiger charge is -2.26. The topological polar surface area (TPSA) is 71.4 Å². The smallest absolute Gasteiger partial charge is 0.335 e. The number of hydrogen-bond acceptors (Lipinski definition) is 3. The van der Waals surface area contributed by atoms with Crippen molar-refractivity contribution in [1.29, 1.82) is 0 Å². The van der Waals surface area contributed by atoms with Crippen LogP contribution >= 0.6 is 23.2 Å². The number of aromatic nitrogens is 1. The highest BCUT2D eigenvalue weighted by molar-refractivity contribution is 6.39. The standard InChI is InChI=1S/C27H18Cl2FN3O3/c1-15-21(13-22-25(34)31-27(36)33(26(22)35)19-10-8-18(30)9-11-19)20-4-2-3-5-24(20)32(15)14-16-6-7-17(28)12-23(16)29/h2-13H,14H2,1H3,(H,31,34,36). The summed E-state index contributed by atoms with van der Waals surface area (Å²) >= 11 is 12.5. The van der Waals surface area contributed by atoms with Gasteiger partial charge in [-0.1, -0.05) is 47.5 Å². The number of carbonyl (C=O) groups excluding carboxylic acids is 3. The van der Waals surface area contributed by atoms with E-state index in [-0.39, 0.29) is 11.3 Å². The summed E-state index contributed by atoms with van der Waals surface area (Å²) in [5.74, 6) is -2.12. The van der Waals surface area contributed by atoms with Gasteiger partial charge in [0, 0.05) is 38.8 Å². The van der Waals surface area contributed by atoms with Gasteiger partial charge in [0.2, 0.25) is 0 Å². The molecule has 5 rings (SSSR count). The zero-order valence-corrected chi connectivity index (χ0v) is 20.4. The highest BCUT2D eigenvalue weighted by atomic mass is 35.5. The molecule has 0 spiro atoms. The van der Waals surface area contributed by atoms with Crippen LogP contribution in [0.2, 0.25) is 10.0 Å². The molecule has 9 heteroatoms. The van der Waals surface area contributed by atoms with Crippen LogP contribution in [-0.4, -0.2) is 22.4 Å². The largest absolute Gasteiger partial charge is 0.340 e. The van der Waals surface area contributed by atoms with Crippen molar-refractivity contribution >= 4 is 63.7 Å². The molecule has 36 heavy (non-hydrogen) atoms. The van der Waals surface area contributed by atoms with Gasteiger partial charge in [-0.05, 0) is 61.0 Å². The van der Waals surface area contributed by atoms with E-state index >= 15 is 0 Å². The summed E-state index contributed by atoms with van der Waals surface area (Å²) in [5, 5.41) is 4.07. The van der Waals surface area contributed by atoms with Crippen molar-refractivity contribution in [2.75, 3.05) is 4.90 Å². The average molecular weight is 522 g/mol. The second-order valence-electron chi connectivity index (χ2n) is 8.27. The number of amides is 4. The van der Waals surface area contributed by atoms with Crippen LogP contribution in [-0.2, 0) is 16.1 Å². The fraction of sp³-hybridized carbons (Fsp3) is 0.0741. The van der Waals surface area contributed by atoms with Gasteiger partial charge >= 0.3 is 6.03 Å². The predicted octanol–water partition coefficient (Wildman–Crippen LogP) is 6.11. The van der Waals surface area contributed by atoms with E-state index in [1.54, 1.807) is 12.1 Å². The Kier molecular flexibility index (Phi) is 6.12. The van der Waals surface area contributed by atoms with E-state index in [2.05, 4.69) is 5.32 Å². The van der Waals surface area contributed by atoms with Crippen molar-refractivity contribution in [3.05, 3.63) is 105 Å². The lowest BCUT2D eigenvalue weighted by atomic mass is 10.0. The number of urea groups is 1. The molecule has 1 aliphatic heterocycles. The number of anilines is 1. The molecule has 4 aromatic rings. The zero-order valence-electron chi connectivity index (χ0n) is 18.9. The number of para-hydroxylation sites is 1. The van der Waals surface area contributed by atoms with E-state index in [1.165, 1.54) is 18.2 Å². The molecule has 1 aromatic heterocycles. The van der Waals surface area contributed by atoms with E-state index in [0.717, 1.165) is 39.2 Å². The molecule has 0 radical (unpaired) electrons. The molecular weight excluding hydrogens is 504 g/mol. The van der Waals surface area contributed by atoms with E-state index in [9.17, 15) is 18.8 Å². The van der Waals surface area contributed by atoms with Crippen LogP contribution in [0.25, 0.3) is 17.0 Å². The summed E-state index contributed by atoms with van der Waals surface area (Å²) in [6, 6.07) is 16.8. The summed E-state index contributed by atoms with van der Waals surface area (Å²) in [7, 11) is 0. The first-order valence-corrected chi connectivity index (χ1v) is 11.7. The fourth-order valence-corrected chi connectivity index (χ4v) is 4.76. The lowest BCUT2D eigenvalue weighted by molar-refractivity contribution is -0.122. The van der Waals surface area contributed by atoms with Crippen LogP contribution < -0.4 is 10.2 Å². The minimum atomic E-state index is -0.898. The Labute approximate surface area is 215 Å². The van der Waals surface area contributed by atoms with E-state index in [4.69, 9.17) is 23.2 Å². The van der Waals surface area contributed by atoms with Gasteiger partial charge in [-0.25, -0.2) is 14.1 Å². The van der Waals surface area contributed by atoms with Crippen LogP contribution in [0.4, 0.5) is 14.9 Å². The average Bonchev–Trinajstić information content (AvgIpc) is 3.10. The molecule has 2 heterocycles. The minimum absolute atomic E-state index is 0.147. The van der Waals surface area contributed by atoms with Crippen molar-refractivity contribution in [1.82, 2.24) is 9.88 Å². The first-order chi connectivity index (χ1) is 17.2. The fourth-order valence-electron chi connectivity index (χ4n) is 4.29. The maximum absolute atomic E-state index is 13.4. The Bertz CT molecular complexity index is 1590. The molecule has 0 bridgehead atoms. The van der Waals surface area contributed by atoms with Crippen molar-refractivity contribution < 1.29 is 18.8 Å². The second-order valence-corrected chi connectivity index (χ2v) is 9.12. The number of nitrogens with zero attached hydrogens (tertiary/aromatic N) is 2. The molecule has 0 aliphatic carbocycles. The molecule has 1 aliphatic rings. The Morgan fingerprint density at radius 1 is 0.972 bits per heavy atom. The monoisotopic (exact) mass is 521 g/mol. The van der Waals surface area contributed by atoms with Gasteiger partial charge < -0.3 is 4.57 Å². The van der Waals surface area contributed by atoms with Crippen molar-refractivity contribution in [3.63, 3.8) is 0 Å². The van der Waals surface area contributed by atoms with Crippen LogP contribution in [0.1, 0.15) is 16.8 Å². The highest BCUT2D eigenvalue weighted by Crippen LogP contribution is 2.32. The number of carbonyl (C=O) groups is 3. The summed E-state index contributed by atoms with van der Waals surface area (Å²) in [5.41, 5.74) is 3.11. The highest BCUT2D eigenvalue weighted by Gasteiger charge is 2.37. The zero-order chi connectivity index (χ0) is 25.6. The number of halogens is 3. The number of fused-ring (bicyclic) bond motifs is 1. The maximum atomic E-state index is 13.4. The number of nitrogens with one attached hydrogen (secondary N) is 1. The molecule has 0 saturated carbocycles. The summed E-state index contributed by atoms with van der Waals surface area (Å²) in [6.07, 6.45) is 1.48. The molecule has 6 nitrogen and oxygen atoms in total. The third-order valence-electron chi connectivity index (χ3n) is 6.10. The van der Waals surface area contributed by atoms with Crippen LogP contribution in [0.5, 0.6) is 0 Å². The normalized spacial score (nSPS) is 15.2. The minimum Gasteiger partial charge on any atom is -0.340 e. The van der Waals surface area contributed by atoms with Crippen molar-refractivity contribution in [3.8, 4) is 0 Å². The summed E-state index contributed by atoms with van der Waals surface area (Å²) in [6.45, 7) is 2.32. The summed E-state index contributed by atoms with van der Waals surface area (Å²) < 4.78 is 15.4. The lowest BCUT2D eigenvalue weighted by Crippen LogP contribution is -2.54. The Morgan fingerprint density at radius 3 is 2.42 bits per heavy atom. The van der Waals surface area contributed by atoms with Gasteiger partial charge in [-0.2, -0.15) is 0 Å². The Hall–Kier alpha value is -3.94. The molecule has 1 fully saturated rings. The number of imide groups is 2. The predicted molar refractivity (Wildman–Crippen MR) is 138 cm³/mol.